The highest BCUT2D eigenvalue weighted by atomic mass is 79.9. The van der Waals surface area contributed by atoms with Crippen LogP contribution in [0.2, 0.25) is 0 Å². The summed E-state index contributed by atoms with van der Waals surface area (Å²) >= 11 is 3.12. The van der Waals surface area contributed by atoms with Gasteiger partial charge in [0.05, 0.1) is 9.37 Å². The number of likely N-dealkylation sites (tertiary alicyclic amines) is 1. The van der Waals surface area contributed by atoms with E-state index in [0.717, 1.165) is 19.4 Å². The highest BCUT2D eigenvalue weighted by molar-refractivity contribution is 9.10. The molecule has 0 aliphatic carbocycles. The Balaban J connectivity index is 1.99. The molecule has 1 aromatic rings. The van der Waals surface area contributed by atoms with E-state index in [1.54, 1.807) is 0 Å². The molecule has 7 heteroatoms. The van der Waals surface area contributed by atoms with Crippen molar-refractivity contribution < 1.29 is 12.8 Å². The van der Waals surface area contributed by atoms with Crippen molar-refractivity contribution in [2.75, 3.05) is 20.1 Å². The second kappa shape index (κ2) is 5.05. The molecule has 0 amide bonds. The number of benzene rings is 1. The normalized spacial score (nSPS) is 26.6. The molecule has 1 aromatic carbocycles. The van der Waals surface area contributed by atoms with Crippen molar-refractivity contribution in [1.82, 2.24) is 9.21 Å². The van der Waals surface area contributed by atoms with E-state index < -0.39 is 15.8 Å². The third kappa shape index (κ3) is 2.20. The van der Waals surface area contributed by atoms with E-state index in [2.05, 4.69) is 20.8 Å². The maximum Gasteiger partial charge on any atom is 0.244 e. The Labute approximate surface area is 126 Å². The Bertz CT molecular complexity index is 650. The first-order chi connectivity index (χ1) is 9.41. The van der Waals surface area contributed by atoms with Crippen LogP contribution < -0.4 is 0 Å². The van der Waals surface area contributed by atoms with Gasteiger partial charge < -0.3 is 4.90 Å². The van der Waals surface area contributed by atoms with E-state index in [1.807, 2.05) is 7.05 Å². The van der Waals surface area contributed by atoms with Crippen LogP contribution in [0, 0.1) is 5.82 Å². The standard InChI is InChI=1S/C13H16BrFN2O2S/c1-16-6-2-3-9(7-16)17-8-10-12(20(17,18)19)5-4-11(14)13(10)15/h4-5,9H,2-3,6-8H2,1H3. The summed E-state index contributed by atoms with van der Waals surface area (Å²) in [6.45, 7) is 1.83. The van der Waals surface area contributed by atoms with Crippen LogP contribution in [0.1, 0.15) is 18.4 Å². The number of piperidine rings is 1. The highest BCUT2D eigenvalue weighted by Gasteiger charge is 2.41. The molecule has 0 bridgehead atoms. The topological polar surface area (TPSA) is 40.6 Å². The van der Waals surface area contributed by atoms with Crippen LogP contribution in [0.5, 0.6) is 0 Å². The molecule has 20 heavy (non-hydrogen) atoms. The minimum Gasteiger partial charge on any atom is -0.305 e. The van der Waals surface area contributed by atoms with Crippen LogP contribution in [-0.4, -0.2) is 43.8 Å². The molecule has 110 valence electrons. The molecule has 1 unspecified atom stereocenters. The number of rotatable bonds is 1. The Morgan fingerprint density at radius 2 is 2.15 bits per heavy atom. The first-order valence-electron chi connectivity index (χ1n) is 6.58. The fourth-order valence-electron chi connectivity index (χ4n) is 3.03. The number of sulfonamides is 1. The number of halogens is 2. The lowest BCUT2D eigenvalue weighted by Gasteiger charge is -2.34. The van der Waals surface area contributed by atoms with Gasteiger partial charge in [-0.05, 0) is 54.5 Å². The van der Waals surface area contributed by atoms with Gasteiger partial charge in [0.1, 0.15) is 5.82 Å². The zero-order valence-electron chi connectivity index (χ0n) is 11.1. The van der Waals surface area contributed by atoms with Crippen LogP contribution in [0.25, 0.3) is 0 Å². The van der Waals surface area contributed by atoms with Crippen molar-refractivity contribution in [3.63, 3.8) is 0 Å². The van der Waals surface area contributed by atoms with Gasteiger partial charge in [-0.3, -0.25) is 0 Å². The van der Waals surface area contributed by atoms with Gasteiger partial charge in [-0.2, -0.15) is 4.31 Å². The SMILES string of the molecule is CN1CCCC(N2Cc3c(ccc(Br)c3F)S2(=O)=O)C1. The van der Waals surface area contributed by atoms with Crippen molar-refractivity contribution >= 4 is 26.0 Å². The minimum absolute atomic E-state index is 0.0654. The van der Waals surface area contributed by atoms with E-state index in [1.165, 1.54) is 16.4 Å². The summed E-state index contributed by atoms with van der Waals surface area (Å²) in [5, 5.41) is 0. The van der Waals surface area contributed by atoms with E-state index in [9.17, 15) is 12.8 Å². The summed E-state index contributed by atoms with van der Waals surface area (Å²) in [5.74, 6) is -0.460. The Morgan fingerprint density at radius 3 is 2.85 bits per heavy atom. The molecule has 2 aliphatic heterocycles. The first-order valence-corrected chi connectivity index (χ1v) is 8.82. The van der Waals surface area contributed by atoms with Gasteiger partial charge in [0.15, 0.2) is 0 Å². The van der Waals surface area contributed by atoms with Crippen LogP contribution in [-0.2, 0) is 16.6 Å². The third-order valence-electron chi connectivity index (χ3n) is 4.06. The summed E-state index contributed by atoms with van der Waals surface area (Å²) in [7, 11) is -1.58. The summed E-state index contributed by atoms with van der Waals surface area (Å²) in [6, 6.07) is 2.89. The lowest BCUT2D eigenvalue weighted by atomic mass is 10.1. The Hall–Kier alpha value is -0.500. The zero-order chi connectivity index (χ0) is 14.5. The second-order valence-electron chi connectivity index (χ2n) is 5.45. The molecule has 0 N–H and O–H groups in total. The van der Waals surface area contributed by atoms with Gasteiger partial charge in [-0.15, -0.1) is 0 Å². The molecular weight excluding hydrogens is 347 g/mol. The highest BCUT2D eigenvalue weighted by Crippen LogP contribution is 2.37. The number of nitrogens with zero attached hydrogens (tertiary/aromatic N) is 2. The lowest BCUT2D eigenvalue weighted by Crippen LogP contribution is -2.46. The molecule has 1 fully saturated rings. The van der Waals surface area contributed by atoms with Crippen molar-refractivity contribution in [3.8, 4) is 0 Å². The van der Waals surface area contributed by atoms with Gasteiger partial charge >= 0.3 is 0 Å². The van der Waals surface area contributed by atoms with Gasteiger partial charge in [0, 0.05) is 24.7 Å². The number of likely N-dealkylation sites (N-methyl/N-ethyl adjacent to an activating group) is 1. The molecule has 0 radical (unpaired) electrons. The lowest BCUT2D eigenvalue weighted by molar-refractivity contribution is 0.172. The van der Waals surface area contributed by atoms with Crippen molar-refractivity contribution in [2.24, 2.45) is 0 Å². The van der Waals surface area contributed by atoms with Gasteiger partial charge in [-0.1, -0.05) is 0 Å². The van der Waals surface area contributed by atoms with Crippen LogP contribution in [0.15, 0.2) is 21.5 Å². The number of fused-ring (bicyclic) bond motifs is 1. The molecular formula is C13H16BrFN2O2S. The average Bonchev–Trinajstić information content (AvgIpc) is 2.66. The monoisotopic (exact) mass is 362 g/mol. The van der Waals surface area contributed by atoms with E-state index in [4.69, 9.17) is 0 Å². The summed E-state index contributed by atoms with van der Waals surface area (Å²) in [4.78, 5) is 2.24. The predicted molar refractivity (Wildman–Crippen MR) is 77.3 cm³/mol. The smallest absolute Gasteiger partial charge is 0.244 e. The number of hydrogen-bond acceptors (Lipinski definition) is 3. The van der Waals surface area contributed by atoms with E-state index in [0.29, 0.717) is 11.0 Å². The van der Waals surface area contributed by atoms with Crippen LogP contribution >= 0.6 is 15.9 Å². The van der Waals surface area contributed by atoms with Crippen molar-refractivity contribution in [2.45, 2.75) is 30.3 Å². The third-order valence-corrected chi connectivity index (χ3v) is 6.66. The summed E-state index contributed by atoms with van der Waals surface area (Å²) in [6.07, 6.45) is 1.80. The Morgan fingerprint density at radius 1 is 1.40 bits per heavy atom. The molecule has 2 heterocycles. The van der Waals surface area contributed by atoms with Gasteiger partial charge in [-0.25, -0.2) is 12.8 Å². The molecule has 0 saturated carbocycles. The Kier molecular flexibility index (Phi) is 3.64. The minimum atomic E-state index is -3.56. The summed E-state index contributed by atoms with van der Waals surface area (Å²) < 4.78 is 41.0. The molecule has 1 atom stereocenters. The molecule has 0 aromatic heterocycles. The molecule has 4 nitrogen and oxygen atoms in total. The largest absolute Gasteiger partial charge is 0.305 e. The molecule has 3 rings (SSSR count). The zero-order valence-corrected chi connectivity index (χ0v) is 13.5. The molecule has 0 spiro atoms. The fourth-order valence-corrected chi connectivity index (χ4v) is 5.22. The van der Waals surface area contributed by atoms with Crippen LogP contribution in [0.3, 0.4) is 0 Å². The molecule has 1 saturated heterocycles. The van der Waals surface area contributed by atoms with Crippen molar-refractivity contribution in [3.05, 3.63) is 28.0 Å². The molecule has 2 aliphatic rings. The van der Waals surface area contributed by atoms with Crippen LogP contribution in [0.4, 0.5) is 4.39 Å². The van der Waals surface area contributed by atoms with Gasteiger partial charge in [0.25, 0.3) is 0 Å². The fraction of sp³-hybridized carbons (Fsp3) is 0.538. The van der Waals surface area contributed by atoms with Crippen molar-refractivity contribution in [1.29, 1.82) is 0 Å². The first kappa shape index (κ1) is 14.4. The van der Waals surface area contributed by atoms with Gasteiger partial charge in [0.2, 0.25) is 10.0 Å². The average molecular weight is 363 g/mol. The second-order valence-corrected chi connectivity index (χ2v) is 8.16. The maximum atomic E-state index is 14.1. The summed E-state index contributed by atoms with van der Waals surface area (Å²) in [5.41, 5.74) is 0.285. The van der Waals surface area contributed by atoms with E-state index in [-0.39, 0.29) is 23.0 Å². The van der Waals surface area contributed by atoms with E-state index >= 15 is 0 Å². The predicted octanol–water partition coefficient (Wildman–Crippen LogP) is 2.19. The maximum absolute atomic E-state index is 14.1. The quantitative estimate of drug-likeness (QED) is 0.768. The number of hydrogen-bond donors (Lipinski definition) is 0.